The van der Waals surface area contributed by atoms with Gasteiger partial charge in [-0.15, -0.1) is 0 Å². The molecule has 2 atom stereocenters. The summed E-state index contributed by atoms with van der Waals surface area (Å²) in [5.41, 5.74) is 5.41. The van der Waals surface area contributed by atoms with Crippen LogP contribution in [0.25, 0.3) is 0 Å². The Morgan fingerprint density at radius 1 is 1.50 bits per heavy atom. The van der Waals surface area contributed by atoms with Crippen molar-refractivity contribution >= 4 is 11.6 Å². The van der Waals surface area contributed by atoms with Gasteiger partial charge in [0.1, 0.15) is 11.6 Å². The van der Waals surface area contributed by atoms with Gasteiger partial charge in [0.2, 0.25) is 0 Å². The van der Waals surface area contributed by atoms with E-state index in [0.29, 0.717) is 0 Å². The first kappa shape index (κ1) is 14.3. The van der Waals surface area contributed by atoms with Crippen LogP contribution in [0.4, 0.5) is 10.1 Å². The Balaban J connectivity index is 2.60. The van der Waals surface area contributed by atoms with Crippen molar-refractivity contribution in [3.05, 3.63) is 24.0 Å². The summed E-state index contributed by atoms with van der Waals surface area (Å²) in [4.78, 5) is 11.7. The number of amides is 1. The fourth-order valence-electron chi connectivity index (χ4n) is 1.30. The second-order valence-electron chi connectivity index (χ2n) is 4.26. The fourth-order valence-corrected chi connectivity index (χ4v) is 1.30. The molecular formula is C13H19FN2O2. The van der Waals surface area contributed by atoms with Crippen molar-refractivity contribution in [3.63, 3.8) is 0 Å². The van der Waals surface area contributed by atoms with Gasteiger partial charge in [-0.3, -0.25) is 4.79 Å². The molecule has 1 rings (SSSR count). The molecule has 3 N–H and O–H groups in total. The van der Waals surface area contributed by atoms with E-state index in [0.717, 1.165) is 6.42 Å². The van der Waals surface area contributed by atoms with Gasteiger partial charge in [-0.05, 0) is 32.4 Å². The van der Waals surface area contributed by atoms with Crippen LogP contribution in [0.1, 0.15) is 27.2 Å². The zero-order valence-corrected chi connectivity index (χ0v) is 10.9. The van der Waals surface area contributed by atoms with Gasteiger partial charge in [-0.2, -0.15) is 0 Å². The summed E-state index contributed by atoms with van der Waals surface area (Å²) in [6.45, 7) is 5.51. The molecule has 0 saturated carbocycles. The number of anilines is 1. The largest absolute Gasteiger partial charge is 0.481 e. The molecule has 0 heterocycles. The lowest BCUT2D eigenvalue weighted by molar-refractivity contribution is -0.127. The van der Waals surface area contributed by atoms with Crippen LogP contribution >= 0.6 is 0 Å². The number of nitrogens with two attached hydrogens (primary N) is 1. The van der Waals surface area contributed by atoms with E-state index in [1.54, 1.807) is 6.92 Å². The standard InChI is InChI=1S/C13H19FN2O2/c1-4-8(2)16-13(17)9(3)18-10-5-6-12(15)11(14)7-10/h5-9H,4,15H2,1-3H3,(H,16,17). The number of benzene rings is 1. The van der Waals surface area contributed by atoms with Gasteiger partial charge in [-0.25, -0.2) is 4.39 Å². The summed E-state index contributed by atoms with van der Waals surface area (Å²) in [6.07, 6.45) is 0.164. The molecular weight excluding hydrogens is 235 g/mol. The number of hydrogen-bond acceptors (Lipinski definition) is 3. The molecule has 2 unspecified atom stereocenters. The third-order valence-corrected chi connectivity index (χ3v) is 2.66. The van der Waals surface area contributed by atoms with E-state index in [2.05, 4.69) is 5.32 Å². The van der Waals surface area contributed by atoms with Crippen molar-refractivity contribution in [3.8, 4) is 5.75 Å². The Bertz CT molecular complexity index is 423. The second kappa shape index (κ2) is 6.23. The molecule has 1 aromatic rings. The highest BCUT2D eigenvalue weighted by atomic mass is 19.1. The predicted octanol–water partition coefficient (Wildman–Crippen LogP) is 2.09. The van der Waals surface area contributed by atoms with Crippen LogP contribution in [0.3, 0.4) is 0 Å². The van der Waals surface area contributed by atoms with Crippen molar-refractivity contribution in [1.29, 1.82) is 0 Å². The summed E-state index contributed by atoms with van der Waals surface area (Å²) in [5, 5.41) is 2.79. The topological polar surface area (TPSA) is 64.3 Å². The normalized spacial score (nSPS) is 13.8. The van der Waals surface area contributed by atoms with Gasteiger partial charge < -0.3 is 15.8 Å². The molecule has 0 bridgehead atoms. The fraction of sp³-hybridized carbons (Fsp3) is 0.462. The lowest BCUT2D eigenvalue weighted by Gasteiger charge is -2.17. The monoisotopic (exact) mass is 254 g/mol. The maximum atomic E-state index is 13.2. The van der Waals surface area contributed by atoms with Crippen molar-refractivity contribution in [2.75, 3.05) is 5.73 Å². The van der Waals surface area contributed by atoms with Crippen LogP contribution in [0.5, 0.6) is 5.75 Å². The zero-order chi connectivity index (χ0) is 13.7. The molecule has 100 valence electrons. The Kier molecular flexibility index (Phi) is 4.95. The number of nitrogens with one attached hydrogen (secondary N) is 1. The summed E-state index contributed by atoms with van der Waals surface area (Å²) in [7, 11) is 0. The number of carbonyl (C=O) groups is 1. The molecule has 0 saturated heterocycles. The summed E-state index contributed by atoms with van der Waals surface area (Å²) in [5.74, 6) is -0.489. The lowest BCUT2D eigenvalue weighted by atomic mass is 10.2. The third kappa shape index (κ3) is 3.91. The maximum absolute atomic E-state index is 13.2. The van der Waals surface area contributed by atoms with Crippen LogP contribution in [0.15, 0.2) is 18.2 Å². The Labute approximate surface area is 106 Å². The van der Waals surface area contributed by atoms with Gasteiger partial charge in [0.15, 0.2) is 6.10 Å². The van der Waals surface area contributed by atoms with E-state index in [1.807, 2.05) is 13.8 Å². The van der Waals surface area contributed by atoms with Gasteiger partial charge in [0.05, 0.1) is 5.69 Å². The minimum absolute atomic E-state index is 0.0547. The van der Waals surface area contributed by atoms with E-state index in [9.17, 15) is 9.18 Å². The molecule has 5 heteroatoms. The Morgan fingerprint density at radius 3 is 2.72 bits per heavy atom. The minimum Gasteiger partial charge on any atom is -0.481 e. The molecule has 0 fully saturated rings. The quantitative estimate of drug-likeness (QED) is 0.791. The van der Waals surface area contributed by atoms with Crippen LogP contribution in [-0.2, 0) is 4.79 Å². The summed E-state index contributed by atoms with van der Waals surface area (Å²) in [6, 6.07) is 4.20. The lowest BCUT2D eigenvalue weighted by Crippen LogP contribution is -2.40. The predicted molar refractivity (Wildman–Crippen MR) is 68.8 cm³/mol. The minimum atomic E-state index is -0.679. The first-order valence-electron chi connectivity index (χ1n) is 5.96. The zero-order valence-electron chi connectivity index (χ0n) is 10.9. The van der Waals surface area contributed by atoms with Crippen LogP contribution in [0.2, 0.25) is 0 Å². The average Bonchev–Trinajstić information content (AvgIpc) is 2.33. The number of halogens is 1. The molecule has 1 aromatic carbocycles. The first-order valence-corrected chi connectivity index (χ1v) is 5.96. The van der Waals surface area contributed by atoms with Crippen LogP contribution in [0, 0.1) is 5.82 Å². The van der Waals surface area contributed by atoms with E-state index >= 15 is 0 Å². The molecule has 0 aliphatic carbocycles. The Hall–Kier alpha value is -1.78. The molecule has 4 nitrogen and oxygen atoms in total. The average molecular weight is 254 g/mol. The van der Waals surface area contributed by atoms with Crippen LogP contribution in [-0.4, -0.2) is 18.1 Å². The molecule has 0 aliphatic rings. The third-order valence-electron chi connectivity index (χ3n) is 2.66. The molecule has 18 heavy (non-hydrogen) atoms. The number of nitrogen functional groups attached to an aromatic ring is 1. The van der Waals surface area contributed by atoms with Crippen LogP contribution < -0.4 is 15.8 Å². The molecule has 0 radical (unpaired) electrons. The van der Waals surface area contributed by atoms with Gasteiger partial charge in [-0.1, -0.05) is 6.92 Å². The first-order chi connectivity index (χ1) is 8.43. The summed E-state index contributed by atoms with van der Waals surface area (Å²) < 4.78 is 18.5. The van der Waals surface area contributed by atoms with Crippen molar-refractivity contribution in [1.82, 2.24) is 5.32 Å². The van der Waals surface area contributed by atoms with Gasteiger partial charge >= 0.3 is 0 Å². The second-order valence-corrected chi connectivity index (χ2v) is 4.26. The Morgan fingerprint density at radius 2 is 2.17 bits per heavy atom. The highest BCUT2D eigenvalue weighted by molar-refractivity contribution is 5.80. The SMILES string of the molecule is CCC(C)NC(=O)C(C)Oc1ccc(N)c(F)c1. The number of rotatable bonds is 5. The molecule has 0 aliphatic heterocycles. The van der Waals surface area contributed by atoms with Crippen molar-refractivity contribution < 1.29 is 13.9 Å². The van der Waals surface area contributed by atoms with E-state index in [1.165, 1.54) is 18.2 Å². The van der Waals surface area contributed by atoms with E-state index < -0.39 is 11.9 Å². The highest BCUT2D eigenvalue weighted by Gasteiger charge is 2.16. The number of hydrogen-bond donors (Lipinski definition) is 2. The highest BCUT2D eigenvalue weighted by Crippen LogP contribution is 2.19. The summed E-state index contributed by atoms with van der Waals surface area (Å²) >= 11 is 0. The smallest absolute Gasteiger partial charge is 0.260 e. The number of ether oxygens (including phenoxy) is 1. The number of carbonyl (C=O) groups excluding carboxylic acids is 1. The molecule has 0 aromatic heterocycles. The van der Waals surface area contributed by atoms with Gasteiger partial charge in [0.25, 0.3) is 5.91 Å². The van der Waals surface area contributed by atoms with Crippen molar-refractivity contribution in [2.45, 2.75) is 39.3 Å². The maximum Gasteiger partial charge on any atom is 0.260 e. The molecule has 0 spiro atoms. The van der Waals surface area contributed by atoms with E-state index in [4.69, 9.17) is 10.5 Å². The van der Waals surface area contributed by atoms with Crippen molar-refractivity contribution in [2.24, 2.45) is 0 Å². The van der Waals surface area contributed by atoms with Gasteiger partial charge in [0, 0.05) is 12.1 Å². The molecule has 1 amide bonds. The van der Waals surface area contributed by atoms with E-state index in [-0.39, 0.29) is 23.4 Å².